The van der Waals surface area contributed by atoms with Crippen LogP contribution in [0.5, 0.6) is 0 Å². The van der Waals surface area contributed by atoms with E-state index in [4.69, 9.17) is 0 Å². The number of nitrogens with zero attached hydrogens (tertiary/aromatic N) is 2. The predicted octanol–water partition coefficient (Wildman–Crippen LogP) is 1.24. The van der Waals surface area contributed by atoms with Crippen LogP contribution in [0.4, 0.5) is 0 Å². The van der Waals surface area contributed by atoms with E-state index in [0.29, 0.717) is 16.6 Å². The normalized spacial score (nSPS) is 14.3. The molecule has 2 aromatic rings. The van der Waals surface area contributed by atoms with E-state index in [1.807, 2.05) is 13.8 Å². The van der Waals surface area contributed by atoms with Crippen LogP contribution in [-0.4, -0.2) is 38.3 Å². The second kappa shape index (κ2) is 5.36. The van der Waals surface area contributed by atoms with Gasteiger partial charge >= 0.3 is 0 Å². The highest BCUT2D eigenvalue weighted by molar-refractivity contribution is 6.05. The van der Waals surface area contributed by atoms with E-state index in [1.54, 1.807) is 18.5 Å². The smallest absolute Gasteiger partial charge is 0.252 e. The van der Waals surface area contributed by atoms with E-state index < -0.39 is 5.54 Å². The summed E-state index contributed by atoms with van der Waals surface area (Å²) in [7, 11) is 0. The molecule has 0 aromatic carbocycles. The molecule has 6 nitrogen and oxygen atoms in total. The maximum absolute atomic E-state index is 12.3. The Balaban J connectivity index is 2.27. The van der Waals surface area contributed by atoms with Gasteiger partial charge in [0, 0.05) is 6.20 Å². The van der Waals surface area contributed by atoms with Crippen LogP contribution in [0.3, 0.4) is 0 Å². The quantitative estimate of drug-likeness (QED) is 0.756. The van der Waals surface area contributed by atoms with Crippen molar-refractivity contribution in [3.05, 3.63) is 24.0 Å². The van der Waals surface area contributed by atoms with Gasteiger partial charge in [0.15, 0.2) is 5.65 Å². The van der Waals surface area contributed by atoms with Crippen molar-refractivity contribution in [3.8, 4) is 0 Å². The molecule has 0 aliphatic carbocycles. The van der Waals surface area contributed by atoms with Crippen molar-refractivity contribution in [3.63, 3.8) is 0 Å². The summed E-state index contributed by atoms with van der Waals surface area (Å²) in [6.07, 6.45) is 4.74. The Labute approximate surface area is 111 Å². The van der Waals surface area contributed by atoms with Gasteiger partial charge in [-0.05, 0) is 19.4 Å². The molecule has 0 spiro atoms. The third kappa shape index (κ3) is 2.73. The molecule has 6 heteroatoms. The monoisotopic (exact) mass is 262 g/mol. The Morgan fingerprint density at radius 2 is 2.37 bits per heavy atom. The van der Waals surface area contributed by atoms with Gasteiger partial charge in [-0.25, -0.2) is 4.98 Å². The lowest BCUT2D eigenvalue weighted by atomic mass is 9.96. The molecule has 0 aliphatic rings. The van der Waals surface area contributed by atoms with E-state index in [-0.39, 0.29) is 12.5 Å². The van der Waals surface area contributed by atoms with Gasteiger partial charge < -0.3 is 10.4 Å². The minimum atomic E-state index is -0.606. The van der Waals surface area contributed by atoms with Gasteiger partial charge in [0.1, 0.15) is 0 Å². The summed E-state index contributed by atoms with van der Waals surface area (Å²) in [5.74, 6) is -0.223. The lowest BCUT2D eigenvalue weighted by Gasteiger charge is -2.28. The number of nitrogens with one attached hydrogen (secondary N) is 2. The molecular weight excluding hydrogens is 244 g/mol. The summed E-state index contributed by atoms with van der Waals surface area (Å²) in [6.45, 7) is 3.76. The van der Waals surface area contributed by atoms with Crippen molar-refractivity contribution in [1.82, 2.24) is 20.5 Å². The van der Waals surface area contributed by atoms with Crippen LogP contribution in [-0.2, 0) is 0 Å². The fourth-order valence-electron chi connectivity index (χ4n) is 2.12. The number of fused-ring (bicyclic) bond motifs is 1. The molecule has 3 N–H and O–H groups in total. The molecule has 2 heterocycles. The van der Waals surface area contributed by atoms with Crippen LogP contribution in [0.2, 0.25) is 0 Å². The van der Waals surface area contributed by atoms with Gasteiger partial charge in [0.2, 0.25) is 0 Å². The Bertz CT molecular complexity index is 581. The molecule has 0 saturated carbocycles. The number of aromatic amines is 1. The third-order valence-corrected chi connectivity index (χ3v) is 3.16. The topological polar surface area (TPSA) is 90.9 Å². The first-order chi connectivity index (χ1) is 9.09. The van der Waals surface area contributed by atoms with Crippen molar-refractivity contribution >= 4 is 16.9 Å². The molecule has 102 valence electrons. The maximum atomic E-state index is 12.3. The molecule has 0 fully saturated rings. The molecule has 2 aromatic heterocycles. The fraction of sp³-hybridized carbons (Fsp3) is 0.462. The van der Waals surface area contributed by atoms with Crippen LogP contribution in [0, 0.1) is 0 Å². The summed E-state index contributed by atoms with van der Waals surface area (Å²) in [5.41, 5.74) is 0.480. The Hall–Kier alpha value is -1.95. The average Bonchev–Trinajstić information content (AvgIpc) is 2.86. The van der Waals surface area contributed by atoms with Crippen LogP contribution < -0.4 is 5.32 Å². The molecule has 1 amide bonds. The Kier molecular flexibility index (Phi) is 3.80. The van der Waals surface area contributed by atoms with Crippen molar-refractivity contribution in [2.75, 3.05) is 6.61 Å². The van der Waals surface area contributed by atoms with Crippen LogP contribution in [0.1, 0.15) is 37.0 Å². The van der Waals surface area contributed by atoms with E-state index in [0.717, 1.165) is 12.8 Å². The minimum absolute atomic E-state index is 0.0911. The van der Waals surface area contributed by atoms with Crippen molar-refractivity contribution in [2.24, 2.45) is 0 Å². The number of amides is 1. The number of H-pyrrole nitrogens is 1. The number of carbonyl (C=O) groups excluding carboxylic acids is 1. The van der Waals surface area contributed by atoms with Crippen molar-refractivity contribution in [1.29, 1.82) is 0 Å². The standard InChI is InChI=1S/C13H18N4O2/c1-3-5-13(2,8-18)16-12(19)9-4-6-14-11-10(9)7-15-17-11/h4,6-7,18H,3,5,8H2,1-2H3,(H,16,19)(H,14,15,17). The third-order valence-electron chi connectivity index (χ3n) is 3.16. The van der Waals surface area contributed by atoms with E-state index >= 15 is 0 Å². The van der Waals surface area contributed by atoms with Gasteiger partial charge in [0.05, 0.1) is 29.3 Å². The van der Waals surface area contributed by atoms with Crippen LogP contribution >= 0.6 is 0 Å². The Morgan fingerprint density at radius 1 is 1.58 bits per heavy atom. The molecule has 0 bridgehead atoms. The van der Waals surface area contributed by atoms with Crippen LogP contribution in [0.25, 0.3) is 11.0 Å². The molecule has 1 unspecified atom stereocenters. The highest BCUT2D eigenvalue weighted by Gasteiger charge is 2.25. The van der Waals surface area contributed by atoms with Crippen molar-refractivity contribution < 1.29 is 9.90 Å². The molecule has 0 saturated heterocycles. The average molecular weight is 262 g/mol. The number of aliphatic hydroxyl groups excluding tert-OH is 1. The van der Waals surface area contributed by atoms with Gasteiger partial charge in [-0.1, -0.05) is 13.3 Å². The summed E-state index contributed by atoms with van der Waals surface area (Å²) >= 11 is 0. The molecule has 0 aliphatic heterocycles. The second-order valence-corrected chi connectivity index (χ2v) is 4.91. The lowest BCUT2D eigenvalue weighted by molar-refractivity contribution is 0.0842. The molecule has 2 rings (SSSR count). The number of hydrogen-bond acceptors (Lipinski definition) is 4. The summed E-state index contributed by atoms with van der Waals surface area (Å²) in [4.78, 5) is 16.4. The van der Waals surface area contributed by atoms with E-state index in [2.05, 4.69) is 20.5 Å². The second-order valence-electron chi connectivity index (χ2n) is 4.91. The molecule has 1 atom stereocenters. The fourth-order valence-corrected chi connectivity index (χ4v) is 2.12. The number of carbonyl (C=O) groups is 1. The van der Waals surface area contributed by atoms with Crippen LogP contribution in [0.15, 0.2) is 18.5 Å². The highest BCUT2D eigenvalue weighted by Crippen LogP contribution is 2.17. The molecular formula is C13H18N4O2. The first kappa shape index (κ1) is 13.5. The number of hydrogen-bond donors (Lipinski definition) is 3. The van der Waals surface area contributed by atoms with Gasteiger partial charge in [-0.3, -0.25) is 9.89 Å². The maximum Gasteiger partial charge on any atom is 0.252 e. The zero-order valence-corrected chi connectivity index (χ0v) is 11.1. The predicted molar refractivity (Wildman–Crippen MR) is 71.8 cm³/mol. The highest BCUT2D eigenvalue weighted by atomic mass is 16.3. The summed E-state index contributed by atoms with van der Waals surface area (Å²) in [6, 6.07) is 1.65. The van der Waals surface area contributed by atoms with Gasteiger partial charge in [0.25, 0.3) is 5.91 Å². The van der Waals surface area contributed by atoms with E-state index in [1.165, 1.54) is 0 Å². The number of rotatable bonds is 5. The first-order valence-electron chi connectivity index (χ1n) is 6.31. The van der Waals surface area contributed by atoms with Gasteiger partial charge in [-0.2, -0.15) is 5.10 Å². The number of aromatic nitrogens is 3. The number of aliphatic hydroxyl groups is 1. The summed E-state index contributed by atoms with van der Waals surface area (Å²) < 4.78 is 0. The summed E-state index contributed by atoms with van der Waals surface area (Å²) in [5, 5.41) is 19.6. The van der Waals surface area contributed by atoms with Gasteiger partial charge in [-0.15, -0.1) is 0 Å². The molecule has 0 radical (unpaired) electrons. The SMILES string of the molecule is CCCC(C)(CO)NC(=O)c1ccnc2[nH]ncc12. The molecule has 19 heavy (non-hydrogen) atoms. The largest absolute Gasteiger partial charge is 0.394 e. The zero-order valence-electron chi connectivity index (χ0n) is 11.1. The van der Waals surface area contributed by atoms with E-state index in [9.17, 15) is 9.90 Å². The van der Waals surface area contributed by atoms with Crippen molar-refractivity contribution in [2.45, 2.75) is 32.2 Å². The zero-order chi connectivity index (χ0) is 13.9. The number of pyridine rings is 1. The Morgan fingerprint density at radius 3 is 3.05 bits per heavy atom. The minimum Gasteiger partial charge on any atom is -0.394 e. The first-order valence-corrected chi connectivity index (χ1v) is 6.31. The lowest BCUT2D eigenvalue weighted by Crippen LogP contribution is -2.48.